The van der Waals surface area contributed by atoms with Crippen molar-refractivity contribution in [2.24, 2.45) is 5.84 Å². The van der Waals surface area contributed by atoms with E-state index in [1.807, 2.05) is 25.1 Å². The molecule has 0 atom stereocenters. The Morgan fingerprint density at radius 3 is 2.78 bits per heavy atom. The summed E-state index contributed by atoms with van der Waals surface area (Å²) >= 11 is 0. The van der Waals surface area contributed by atoms with Gasteiger partial charge in [0, 0.05) is 5.39 Å². The van der Waals surface area contributed by atoms with Gasteiger partial charge in [-0.05, 0) is 43.2 Å². The molecule has 0 bridgehead atoms. The average Bonchev–Trinajstić information content (AvgIpc) is 2.38. The highest BCUT2D eigenvalue weighted by atomic mass is 16.5. The molecule has 3 N–H and O–H groups in total. The first-order valence-corrected chi connectivity index (χ1v) is 6.31. The van der Waals surface area contributed by atoms with Crippen LogP contribution in [0.5, 0.6) is 5.75 Å². The molecular weight excluding hydrogens is 226 g/mol. The average molecular weight is 245 g/mol. The summed E-state index contributed by atoms with van der Waals surface area (Å²) in [5.74, 6) is 7.15. The Balaban J connectivity index is 2.49. The first-order chi connectivity index (χ1) is 8.78. The largest absolute Gasteiger partial charge is 0.494 e. The molecule has 0 aliphatic rings. The number of benzene rings is 1. The number of hydrogen-bond acceptors (Lipinski definition) is 4. The summed E-state index contributed by atoms with van der Waals surface area (Å²) in [4.78, 5) is 4.52. The molecule has 0 saturated carbocycles. The predicted molar refractivity (Wildman–Crippen MR) is 74.7 cm³/mol. The van der Waals surface area contributed by atoms with Crippen molar-refractivity contribution >= 4 is 16.7 Å². The van der Waals surface area contributed by atoms with E-state index in [4.69, 9.17) is 10.6 Å². The summed E-state index contributed by atoms with van der Waals surface area (Å²) < 4.78 is 5.50. The molecule has 0 fully saturated rings. The number of aromatic nitrogens is 1. The van der Waals surface area contributed by atoms with Gasteiger partial charge < -0.3 is 10.2 Å². The van der Waals surface area contributed by atoms with Gasteiger partial charge in [-0.15, -0.1) is 0 Å². The molecule has 0 aliphatic heterocycles. The van der Waals surface area contributed by atoms with Gasteiger partial charge in [0.05, 0.1) is 12.1 Å². The molecule has 1 aromatic heterocycles. The fraction of sp³-hybridized carbons (Fsp3) is 0.357. The Hall–Kier alpha value is -1.81. The van der Waals surface area contributed by atoms with Crippen LogP contribution in [0.1, 0.15) is 25.8 Å². The van der Waals surface area contributed by atoms with Gasteiger partial charge in [0.1, 0.15) is 11.6 Å². The Labute approximate surface area is 107 Å². The van der Waals surface area contributed by atoms with Gasteiger partial charge in [-0.2, -0.15) is 0 Å². The van der Waals surface area contributed by atoms with Crippen LogP contribution in [0.4, 0.5) is 5.82 Å². The van der Waals surface area contributed by atoms with E-state index in [1.54, 1.807) is 0 Å². The molecule has 18 heavy (non-hydrogen) atoms. The van der Waals surface area contributed by atoms with Gasteiger partial charge in [0.15, 0.2) is 0 Å². The van der Waals surface area contributed by atoms with E-state index >= 15 is 0 Å². The summed E-state index contributed by atoms with van der Waals surface area (Å²) in [5, 5.41) is 1.09. The summed E-state index contributed by atoms with van der Waals surface area (Å²) in [6, 6.07) is 8.03. The summed E-state index contributed by atoms with van der Waals surface area (Å²) in [5.41, 5.74) is 4.73. The molecule has 1 heterocycles. The van der Waals surface area contributed by atoms with Crippen LogP contribution in [0.25, 0.3) is 10.9 Å². The Morgan fingerprint density at radius 2 is 2.11 bits per heavy atom. The lowest BCUT2D eigenvalue weighted by molar-refractivity contribution is 0.340. The molecule has 4 heteroatoms. The zero-order valence-corrected chi connectivity index (χ0v) is 10.9. The lowest BCUT2D eigenvalue weighted by Crippen LogP contribution is -2.11. The molecule has 1 aromatic carbocycles. The van der Waals surface area contributed by atoms with Crippen molar-refractivity contribution in [1.29, 1.82) is 0 Å². The number of pyridine rings is 1. The van der Waals surface area contributed by atoms with Crippen molar-refractivity contribution in [1.82, 2.24) is 4.98 Å². The fourth-order valence-corrected chi connectivity index (χ4v) is 2.04. The van der Waals surface area contributed by atoms with Crippen LogP contribution < -0.4 is 16.0 Å². The number of nitrogens with zero attached hydrogens (tertiary/aromatic N) is 1. The summed E-state index contributed by atoms with van der Waals surface area (Å²) in [6.07, 6.45) is 2.02. The van der Waals surface area contributed by atoms with Crippen molar-refractivity contribution in [2.45, 2.75) is 26.7 Å². The Kier molecular flexibility index (Phi) is 3.99. The number of hydrazine groups is 1. The number of nitrogen functional groups attached to an aromatic ring is 1. The summed E-state index contributed by atoms with van der Waals surface area (Å²) in [6.45, 7) is 4.79. The minimum atomic E-state index is 0.670. The number of fused-ring (bicyclic) bond motifs is 1. The smallest absolute Gasteiger partial charge is 0.143 e. The number of hydrogen-bond donors (Lipinski definition) is 2. The maximum Gasteiger partial charge on any atom is 0.143 e. The number of aryl methyl sites for hydroxylation is 1. The van der Waals surface area contributed by atoms with E-state index in [9.17, 15) is 0 Å². The normalized spacial score (nSPS) is 10.6. The van der Waals surface area contributed by atoms with E-state index in [0.29, 0.717) is 6.61 Å². The Morgan fingerprint density at radius 1 is 1.28 bits per heavy atom. The van der Waals surface area contributed by atoms with E-state index in [-0.39, 0.29) is 0 Å². The van der Waals surface area contributed by atoms with Crippen molar-refractivity contribution in [3.8, 4) is 5.75 Å². The molecule has 0 saturated heterocycles. The van der Waals surface area contributed by atoms with Crippen molar-refractivity contribution < 1.29 is 4.74 Å². The molecule has 0 amide bonds. The maximum atomic E-state index is 5.51. The van der Waals surface area contributed by atoms with E-state index in [2.05, 4.69) is 23.4 Å². The van der Waals surface area contributed by atoms with Crippen molar-refractivity contribution in [3.63, 3.8) is 0 Å². The molecule has 4 nitrogen and oxygen atoms in total. The molecule has 0 aliphatic carbocycles. The lowest BCUT2D eigenvalue weighted by atomic mass is 10.1. The molecule has 0 spiro atoms. The van der Waals surface area contributed by atoms with Crippen molar-refractivity contribution in [2.75, 3.05) is 12.0 Å². The van der Waals surface area contributed by atoms with Gasteiger partial charge in [-0.1, -0.05) is 13.3 Å². The van der Waals surface area contributed by atoms with Crippen LogP contribution in [0.2, 0.25) is 0 Å². The quantitative estimate of drug-likeness (QED) is 0.628. The number of nitrogens with two attached hydrogens (primary N) is 1. The van der Waals surface area contributed by atoms with Crippen LogP contribution in [-0.4, -0.2) is 11.6 Å². The van der Waals surface area contributed by atoms with Gasteiger partial charge in [0.25, 0.3) is 0 Å². The van der Waals surface area contributed by atoms with Gasteiger partial charge in [0.2, 0.25) is 0 Å². The second-order valence-corrected chi connectivity index (χ2v) is 4.18. The topological polar surface area (TPSA) is 60.2 Å². The molecule has 0 radical (unpaired) electrons. The van der Waals surface area contributed by atoms with E-state index in [1.165, 1.54) is 0 Å². The second kappa shape index (κ2) is 5.69. The summed E-state index contributed by atoms with van der Waals surface area (Å²) in [7, 11) is 0. The first kappa shape index (κ1) is 12.6. The minimum absolute atomic E-state index is 0.670. The SMILES string of the molecule is CCCc1cc2cc(OCC)ccc2nc1NN. The molecule has 0 unspecified atom stereocenters. The van der Waals surface area contributed by atoms with Crippen LogP contribution >= 0.6 is 0 Å². The third kappa shape index (κ3) is 2.54. The standard InChI is InChI=1S/C14H19N3O/c1-3-5-10-8-11-9-12(18-4-2)6-7-13(11)16-14(10)17-15/h6-9H,3-5,15H2,1-2H3,(H,16,17). The molecule has 2 rings (SSSR count). The monoisotopic (exact) mass is 245 g/mol. The zero-order chi connectivity index (χ0) is 13.0. The molecular formula is C14H19N3O. The highest BCUT2D eigenvalue weighted by Crippen LogP contribution is 2.24. The zero-order valence-electron chi connectivity index (χ0n) is 10.9. The number of rotatable bonds is 5. The minimum Gasteiger partial charge on any atom is -0.494 e. The predicted octanol–water partition coefficient (Wildman–Crippen LogP) is 2.87. The first-order valence-electron chi connectivity index (χ1n) is 6.31. The number of nitrogens with one attached hydrogen (secondary N) is 1. The maximum absolute atomic E-state index is 5.51. The van der Waals surface area contributed by atoms with Crippen LogP contribution in [0, 0.1) is 0 Å². The van der Waals surface area contributed by atoms with Crippen molar-refractivity contribution in [3.05, 3.63) is 29.8 Å². The van der Waals surface area contributed by atoms with Crippen LogP contribution in [-0.2, 0) is 6.42 Å². The van der Waals surface area contributed by atoms with Gasteiger partial charge >= 0.3 is 0 Å². The van der Waals surface area contributed by atoms with Crippen LogP contribution in [0.15, 0.2) is 24.3 Å². The third-order valence-electron chi connectivity index (χ3n) is 2.83. The van der Waals surface area contributed by atoms with Crippen LogP contribution in [0.3, 0.4) is 0 Å². The van der Waals surface area contributed by atoms with Gasteiger partial charge in [-0.3, -0.25) is 0 Å². The van der Waals surface area contributed by atoms with Gasteiger partial charge in [-0.25, -0.2) is 10.8 Å². The Bertz CT molecular complexity index is 540. The molecule has 96 valence electrons. The second-order valence-electron chi connectivity index (χ2n) is 4.18. The highest BCUT2D eigenvalue weighted by Gasteiger charge is 2.06. The van der Waals surface area contributed by atoms with E-state index < -0.39 is 0 Å². The molecule has 2 aromatic rings. The third-order valence-corrected chi connectivity index (χ3v) is 2.83. The lowest BCUT2D eigenvalue weighted by Gasteiger charge is -2.10. The number of anilines is 1. The number of ether oxygens (including phenoxy) is 1. The highest BCUT2D eigenvalue weighted by molar-refractivity contribution is 5.83. The fourth-order valence-electron chi connectivity index (χ4n) is 2.04. The van der Waals surface area contributed by atoms with E-state index in [0.717, 1.165) is 40.9 Å².